The number of ether oxygens (including phenoxy) is 3. The first-order valence-electron chi connectivity index (χ1n) is 11.8. The Balaban J connectivity index is 1.53. The molecule has 3 bridgehead atoms. The Kier molecular flexibility index (Phi) is 7.16. The van der Waals surface area contributed by atoms with Gasteiger partial charge in [-0.25, -0.2) is 9.59 Å². The first kappa shape index (κ1) is 22.1. The van der Waals surface area contributed by atoms with Crippen LogP contribution in [0.25, 0.3) is 0 Å². The third kappa shape index (κ3) is 5.22. The van der Waals surface area contributed by atoms with Crippen LogP contribution in [0.15, 0.2) is 18.2 Å². The van der Waals surface area contributed by atoms with E-state index in [0.717, 1.165) is 63.5 Å². The number of hydrogen-bond donors (Lipinski definition) is 1. The van der Waals surface area contributed by atoms with Crippen molar-refractivity contribution < 1.29 is 28.9 Å². The third-order valence-corrected chi connectivity index (χ3v) is 7.27. The van der Waals surface area contributed by atoms with E-state index in [4.69, 9.17) is 14.2 Å². The second-order valence-electron chi connectivity index (χ2n) is 9.33. The Morgan fingerprint density at radius 1 is 1.06 bits per heavy atom. The Morgan fingerprint density at radius 2 is 1.90 bits per heavy atom. The van der Waals surface area contributed by atoms with Crippen molar-refractivity contribution in [1.82, 2.24) is 0 Å². The minimum absolute atomic E-state index is 0.191. The maximum absolute atomic E-state index is 12.4. The van der Waals surface area contributed by atoms with Crippen molar-refractivity contribution in [1.29, 1.82) is 0 Å². The second kappa shape index (κ2) is 10.0. The Morgan fingerprint density at radius 3 is 2.74 bits per heavy atom. The highest BCUT2D eigenvalue weighted by molar-refractivity contribution is 5.77. The fourth-order valence-corrected chi connectivity index (χ4v) is 5.73. The molecule has 170 valence electrons. The molecule has 4 rings (SSSR count). The van der Waals surface area contributed by atoms with Gasteiger partial charge in [-0.3, -0.25) is 0 Å². The monoisotopic (exact) mass is 430 g/mol. The summed E-state index contributed by atoms with van der Waals surface area (Å²) in [7, 11) is 0. The first-order chi connectivity index (χ1) is 15.0. The van der Waals surface area contributed by atoms with Crippen LogP contribution in [0.2, 0.25) is 0 Å². The van der Waals surface area contributed by atoms with Gasteiger partial charge in [-0.05, 0) is 73.5 Å². The zero-order valence-corrected chi connectivity index (χ0v) is 18.4. The number of aliphatic hydroxyl groups is 1. The molecular weight excluding hydrogens is 396 g/mol. The average Bonchev–Trinajstić information content (AvgIpc) is 3.08. The standard InChI is InChI=1S/C25H34O6/c1-2-3-4-7-18(26)9-10-19-20-11-16-6-5-8-22-21(16)12-17(20)13-23(19)31-25(28)15-30-24(27)14-29-22/h5-6,8,17-20,23,26H,2-4,7,9-15H2,1H3/t17-,18-,19+,20-,23+/m0/s1. The molecule has 2 aliphatic carbocycles. The highest BCUT2D eigenvalue weighted by Crippen LogP contribution is 2.49. The predicted molar refractivity (Wildman–Crippen MR) is 115 cm³/mol. The van der Waals surface area contributed by atoms with E-state index in [-0.39, 0.29) is 31.3 Å². The third-order valence-electron chi connectivity index (χ3n) is 7.27. The molecule has 0 spiro atoms. The van der Waals surface area contributed by atoms with Crippen LogP contribution < -0.4 is 4.74 Å². The molecule has 1 N–H and O–H groups in total. The van der Waals surface area contributed by atoms with Crippen LogP contribution in [-0.2, 0) is 31.9 Å². The first-order valence-corrected chi connectivity index (χ1v) is 11.8. The molecule has 0 amide bonds. The van der Waals surface area contributed by atoms with Crippen LogP contribution >= 0.6 is 0 Å². The largest absolute Gasteiger partial charge is 0.482 e. The molecule has 1 aliphatic heterocycles. The zero-order valence-electron chi connectivity index (χ0n) is 18.4. The minimum Gasteiger partial charge on any atom is -0.482 e. The normalized spacial score (nSPS) is 28.6. The average molecular weight is 431 g/mol. The summed E-state index contributed by atoms with van der Waals surface area (Å²) in [4.78, 5) is 24.3. The van der Waals surface area contributed by atoms with E-state index in [2.05, 4.69) is 13.0 Å². The van der Waals surface area contributed by atoms with Crippen LogP contribution in [0.1, 0.15) is 63.0 Å². The summed E-state index contributed by atoms with van der Waals surface area (Å²) in [6.07, 6.45) is 7.86. The summed E-state index contributed by atoms with van der Waals surface area (Å²) in [6, 6.07) is 6.02. The van der Waals surface area contributed by atoms with E-state index >= 15 is 0 Å². The molecule has 1 aromatic carbocycles. The van der Waals surface area contributed by atoms with Crippen LogP contribution in [0.5, 0.6) is 5.75 Å². The number of fused-ring (bicyclic) bond motifs is 1. The van der Waals surface area contributed by atoms with Crippen LogP contribution in [-0.4, -0.2) is 42.5 Å². The second-order valence-corrected chi connectivity index (χ2v) is 9.33. The lowest BCUT2D eigenvalue weighted by atomic mass is 9.73. The Hall–Kier alpha value is -2.08. The van der Waals surface area contributed by atoms with Crippen molar-refractivity contribution in [3.8, 4) is 5.75 Å². The fourth-order valence-electron chi connectivity index (χ4n) is 5.73. The number of unbranched alkanes of at least 4 members (excludes halogenated alkanes) is 2. The molecule has 6 heteroatoms. The molecule has 1 fully saturated rings. The molecule has 1 aromatic rings. The van der Waals surface area contributed by atoms with Crippen molar-refractivity contribution in [3.05, 3.63) is 29.3 Å². The number of carbonyl (C=O) groups excluding carboxylic acids is 2. The smallest absolute Gasteiger partial charge is 0.344 e. The van der Waals surface area contributed by atoms with Gasteiger partial charge in [0.15, 0.2) is 13.2 Å². The lowest BCUT2D eigenvalue weighted by Crippen LogP contribution is -2.31. The number of cyclic esters (lactones) is 1. The zero-order chi connectivity index (χ0) is 21.8. The summed E-state index contributed by atoms with van der Waals surface area (Å²) in [5.74, 6) is 0.723. The van der Waals surface area contributed by atoms with E-state index in [1.165, 1.54) is 11.1 Å². The van der Waals surface area contributed by atoms with E-state index < -0.39 is 11.9 Å². The summed E-state index contributed by atoms with van der Waals surface area (Å²) in [6.45, 7) is 1.57. The van der Waals surface area contributed by atoms with Gasteiger partial charge in [0.25, 0.3) is 0 Å². The molecule has 3 aliphatic rings. The quantitative estimate of drug-likeness (QED) is 0.526. The van der Waals surface area contributed by atoms with Gasteiger partial charge in [-0.15, -0.1) is 0 Å². The molecule has 5 atom stereocenters. The molecule has 0 saturated heterocycles. The minimum atomic E-state index is -0.570. The molecule has 6 nitrogen and oxygen atoms in total. The number of benzene rings is 1. The van der Waals surface area contributed by atoms with E-state index in [9.17, 15) is 14.7 Å². The van der Waals surface area contributed by atoms with Crippen molar-refractivity contribution >= 4 is 11.9 Å². The maximum atomic E-state index is 12.4. The Bertz CT molecular complexity index is 790. The van der Waals surface area contributed by atoms with Gasteiger partial charge in [0.1, 0.15) is 11.9 Å². The molecule has 1 saturated carbocycles. The molecule has 0 aromatic heterocycles. The summed E-state index contributed by atoms with van der Waals surface area (Å²) in [5, 5.41) is 10.5. The van der Waals surface area contributed by atoms with Crippen molar-refractivity contribution in [2.45, 2.75) is 76.9 Å². The topological polar surface area (TPSA) is 82.1 Å². The van der Waals surface area contributed by atoms with Crippen molar-refractivity contribution in [2.24, 2.45) is 17.8 Å². The summed E-state index contributed by atoms with van der Waals surface area (Å²) in [5.41, 5.74) is 2.42. The fraction of sp³-hybridized carbons (Fsp3) is 0.680. The van der Waals surface area contributed by atoms with E-state index in [1.807, 2.05) is 12.1 Å². The van der Waals surface area contributed by atoms with Gasteiger partial charge >= 0.3 is 11.9 Å². The highest BCUT2D eigenvalue weighted by Gasteiger charge is 2.47. The number of rotatable bonds is 7. The van der Waals surface area contributed by atoms with Crippen molar-refractivity contribution in [3.63, 3.8) is 0 Å². The van der Waals surface area contributed by atoms with Gasteiger partial charge in [0, 0.05) is 0 Å². The molecule has 0 unspecified atom stereocenters. The van der Waals surface area contributed by atoms with E-state index in [0.29, 0.717) is 11.8 Å². The summed E-state index contributed by atoms with van der Waals surface area (Å²) >= 11 is 0. The lowest BCUT2D eigenvalue weighted by molar-refractivity contribution is -0.164. The van der Waals surface area contributed by atoms with Crippen LogP contribution in [0.3, 0.4) is 0 Å². The van der Waals surface area contributed by atoms with Crippen LogP contribution in [0.4, 0.5) is 0 Å². The van der Waals surface area contributed by atoms with Gasteiger partial charge in [-0.2, -0.15) is 0 Å². The van der Waals surface area contributed by atoms with E-state index in [1.54, 1.807) is 0 Å². The summed E-state index contributed by atoms with van der Waals surface area (Å²) < 4.78 is 16.6. The maximum Gasteiger partial charge on any atom is 0.344 e. The molecule has 0 radical (unpaired) electrons. The van der Waals surface area contributed by atoms with Gasteiger partial charge in [0.05, 0.1) is 6.10 Å². The van der Waals surface area contributed by atoms with Gasteiger partial charge in [-0.1, -0.05) is 38.3 Å². The lowest BCUT2D eigenvalue weighted by Gasteiger charge is -2.33. The SMILES string of the molecule is CCCCC[C@H](O)CC[C@@H]1[C@H]2Cc3cccc4c3C[C@H]2C[C@H]1OC(=O)COC(=O)CO4. The molecule has 1 heterocycles. The van der Waals surface area contributed by atoms with Gasteiger partial charge in [0.2, 0.25) is 0 Å². The number of aliphatic hydroxyl groups excluding tert-OH is 1. The predicted octanol–water partition coefficient (Wildman–Crippen LogP) is 3.61. The van der Waals surface area contributed by atoms with Crippen LogP contribution in [0, 0.1) is 17.8 Å². The number of carbonyl (C=O) groups is 2. The number of hydrogen-bond acceptors (Lipinski definition) is 6. The number of esters is 2. The van der Waals surface area contributed by atoms with Gasteiger partial charge < -0.3 is 19.3 Å². The highest BCUT2D eigenvalue weighted by atomic mass is 16.6. The molecular formula is C25H34O6. The Labute approximate surface area is 184 Å². The van der Waals surface area contributed by atoms with Crippen molar-refractivity contribution in [2.75, 3.05) is 13.2 Å². The molecule has 31 heavy (non-hydrogen) atoms.